The molecule has 6 aliphatic rings. The molecule has 2 aliphatic carbocycles. The van der Waals surface area contributed by atoms with Crippen LogP contribution >= 0.6 is 0 Å². The first kappa shape index (κ1) is 17.9. The van der Waals surface area contributed by atoms with E-state index < -0.39 is 11.2 Å². The summed E-state index contributed by atoms with van der Waals surface area (Å²) in [4.78, 5) is 26.0. The van der Waals surface area contributed by atoms with Crippen molar-refractivity contribution in [2.24, 2.45) is 35.0 Å². The van der Waals surface area contributed by atoms with Gasteiger partial charge in [0.2, 0.25) is 0 Å². The Morgan fingerprint density at radius 2 is 1.79 bits per heavy atom. The third-order valence-corrected chi connectivity index (χ3v) is 9.63. The fraction of sp³-hybridized carbons (Fsp3) is 0.913. The van der Waals surface area contributed by atoms with Gasteiger partial charge in [-0.15, -0.1) is 0 Å². The highest BCUT2D eigenvalue weighted by molar-refractivity contribution is 5.90. The van der Waals surface area contributed by atoms with Crippen LogP contribution in [-0.4, -0.2) is 35.3 Å². The SMILES string of the molecule is C[C@@H]1C(=O)[C@@]2(C)CC[C@]34CCCCC[C@H]3C[C@@]3(O[C@H]5[C@H](OC(=O)[C@@H]5C)[C@@H]1[C@H]32)O4. The lowest BCUT2D eigenvalue weighted by Crippen LogP contribution is -2.60. The van der Waals surface area contributed by atoms with Gasteiger partial charge in [-0.1, -0.05) is 33.1 Å². The van der Waals surface area contributed by atoms with Crippen LogP contribution in [0.25, 0.3) is 0 Å². The second kappa shape index (κ2) is 5.40. The quantitative estimate of drug-likeness (QED) is 0.593. The average Bonchev–Trinajstić information content (AvgIpc) is 3.08. The van der Waals surface area contributed by atoms with Crippen LogP contribution in [0, 0.1) is 35.0 Å². The maximum atomic E-state index is 13.6. The molecule has 4 saturated heterocycles. The van der Waals surface area contributed by atoms with E-state index in [9.17, 15) is 9.59 Å². The van der Waals surface area contributed by atoms with Crippen molar-refractivity contribution < 1.29 is 23.8 Å². The zero-order valence-electron chi connectivity index (χ0n) is 17.2. The van der Waals surface area contributed by atoms with Gasteiger partial charge in [0.15, 0.2) is 5.79 Å². The highest BCUT2D eigenvalue weighted by atomic mass is 16.7. The van der Waals surface area contributed by atoms with Gasteiger partial charge in [-0.3, -0.25) is 9.59 Å². The average molecular weight is 389 g/mol. The minimum absolute atomic E-state index is 0.00634. The zero-order chi connectivity index (χ0) is 19.5. The van der Waals surface area contributed by atoms with Gasteiger partial charge < -0.3 is 14.2 Å². The van der Waals surface area contributed by atoms with Gasteiger partial charge in [-0.25, -0.2) is 0 Å². The molecule has 0 aromatic carbocycles. The van der Waals surface area contributed by atoms with Crippen molar-refractivity contribution in [2.45, 2.75) is 95.7 Å². The summed E-state index contributed by atoms with van der Waals surface area (Å²) >= 11 is 0. The second-order valence-corrected chi connectivity index (χ2v) is 10.9. The molecule has 0 radical (unpaired) electrons. The molecule has 0 aromatic heterocycles. The molecule has 0 N–H and O–H groups in total. The van der Waals surface area contributed by atoms with E-state index in [1.807, 2.05) is 13.8 Å². The molecule has 5 nitrogen and oxygen atoms in total. The molecule has 28 heavy (non-hydrogen) atoms. The van der Waals surface area contributed by atoms with Gasteiger partial charge >= 0.3 is 5.97 Å². The van der Waals surface area contributed by atoms with Crippen molar-refractivity contribution in [3.8, 4) is 0 Å². The lowest BCUT2D eigenvalue weighted by Gasteiger charge is -2.51. The molecule has 4 heterocycles. The van der Waals surface area contributed by atoms with Crippen LogP contribution in [0.15, 0.2) is 0 Å². The molecule has 2 spiro atoms. The predicted molar refractivity (Wildman–Crippen MR) is 100 cm³/mol. The van der Waals surface area contributed by atoms with Gasteiger partial charge in [0, 0.05) is 29.6 Å². The molecule has 2 saturated carbocycles. The van der Waals surface area contributed by atoms with Gasteiger partial charge in [0.25, 0.3) is 0 Å². The van der Waals surface area contributed by atoms with Crippen LogP contribution in [0.5, 0.6) is 0 Å². The Morgan fingerprint density at radius 3 is 2.61 bits per heavy atom. The molecule has 5 heteroatoms. The molecule has 0 amide bonds. The summed E-state index contributed by atoms with van der Waals surface area (Å²) in [6, 6.07) is 0. The van der Waals surface area contributed by atoms with Crippen LogP contribution in [0.4, 0.5) is 0 Å². The fourth-order valence-electron chi connectivity index (χ4n) is 8.32. The smallest absolute Gasteiger partial charge is 0.311 e. The Morgan fingerprint density at radius 1 is 0.964 bits per heavy atom. The minimum atomic E-state index is -0.720. The Bertz CT molecular complexity index is 749. The lowest BCUT2D eigenvalue weighted by atomic mass is 9.62. The minimum Gasteiger partial charge on any atom is -0.459 e. The van der Waals surface area contributed by atoms with Crippen molar-refractivity contribution in [3.63, 3.8) is 0 Å². The van der Waals surface area contributed by atoms with Crippen molar-refractivity contribution in [3.05, 3.63) is 0 Å². The number of ether oxygens (including phenoxy) is 3. The van der Waals surface area contributed by atoms with Crippen LogP contribution in [0.3, 0.4) is 0 Å². The van der Waals surface area contributed by atoms with E-state index in [1.165, 1.54) is 25.7 Å². The van der Waals surface area contributed by atoms with Gasteiger partial charge in [-0.2, -0.15) is 0 Å². The molecular weight excluding hydrogens is 356 g/mol. The third kappa shape index (κ3) is 1.91. The highest BCUT2D eigenvalue weighted by Crippen LogP contribution is 2.70. The molecule has 0 unspecified atom stereocenters. The number of fused-ring (bicyclic) bond motifs is 2. The van der Waals surface area contributed by atoms with E-state index in [0.29, 0.717) is 11.7 Å². The molecule has 0 aromatic rings. The zero-order valence-corrected chi connectivity index (χ0v) is 17.2. The van der Waals surface area contributed by atoms with E-state index in [4.69, 9.17) is 14.2 Å². The first-order valence-electron chi connectivity index (χ1n) is 11.4. The van der Waals surface area contributed by atoms with Crippen molar-refractivity contribution in [2.75, 3.05) is 0 Å². The summed E-state index contributed by atoms with van der Waals surface area (Å²) in [6.45, 7) is 6.10. The first-order chi connectivity index (χ1) is 13.3. The van der Waals surface area contributed by atoms with Crippen LogP contribution < -0.4 is 0 Å². The number of esters is 1. The maximum absolute atomic E-state index is 13.6. The number of carbonyl (C=O) groups excluding carboxylic acids is 2. The van der Waals surface area contributed by atoms with Gasteiger partial charge in [-0.05, 0) is 38.5 Å². The number of ketones is 1. The Labute approximate surface area is 166 Å². The largest absolute Gasteiger partial charge is 0.459 e. The molecule has 6 fully saturated rings. The molecule has 4 aliphatic heterocycles. The van der Waals surface area contributed by atoms with Crippen LogP contribution in [-0.2, 0) is 23.8 Å². The number of Topliss-reactive ketones (excluding diaryl/α,β-unsaturated/α-hetero) is 1. The van der Waals surface area contributed by atoms with E-state index >= 15 is 0 Å². The van der Waals surface area contributed by atoms with E-state index in [1.54, 1.807) is 0 Å². The number of rotatable bonds is 0. The van der Waals surface area contributed by atoms with E-state index in [-0.39, 0.29) is 47.4 Å². The topological polar surface area (TPSA) is 61.8 Å². The highest BCUT2D eigenvalue weighted by Gasteiger charge is 2.77. The second-order valence-electron chi connectivity index (χ2n) is 10.9. The van der Waals surface area contributed by atoms with Crippen LogP contribution in [0.2, 0.25) is 0 Å². The first-order valence-corrected chi connectivity index (χ1v) is 11.4. The molecular formula is C23H32O5. The number of carbonyl (C=O) groups is 2. The molecule has 6 rings (SSSR count). The molecule has 10 atom stereocenters. The normalized spacial score (nSPS) is 59.8. The number of hydrogen-bond donors (Lipinski definition) is 0. The summed E-state index contributed by atoms with van der Waals surface area (Å²) in [7, 11) is 0. The fourth-order valence-corrected chi connectivity index (χ4v) is 8.32. The maximum Gasteiger partial charge on any atom is 0.311 e. The lowest BCUT2D eigenvalue weighted by molar-refractivity contribution is -0.343. The third-order valence-electron chi connectivity index (χ3n) is 9.63. The Kier molecular flexibility index (Phi) is 3.45. The summed E-state index contributed by atoms with van der Waals surface area (Å²) in [5.74, 6) is -0.446. The van der Waals surface area contributed by atoms with Crippen molar-refractivity contribution in [1.82, 2.24) is 0 Å². The number of hydrogen-bond acceptors (Lipinski definition) is 5. The summed E-state index contributed by atoms with van der Waals surface area (Å²) in [5, 5.41) is 0. The van der Waals surface area contributed by atoms with Crippen molar-refractivity contribution in [1.29, 1.82) is 0 Å². The van der Waals surface area contributed by atoms with Crippen LogP contribution in [0.1, 0.15) is 72.1 Å². The standard InChI is InChI=1S/C23H32O5/c1-12-15-17-16(13(2)20(25)26-17)27-23-11-14-7-5-4-6-8-22(14,28-23)10-9-21(3,18(15)23)19(12)24/h12-18H,4-11H2,1-3H3/t12-,13+,14-,15+,16+,17+,18-,21-,22+,23+/m0/s1. The van der Waals surface area contributed by atoms with E-state index in [0.717, 1.165) is 25.7 Å². The van der Waals surface area contributed by atoms with E-state index in [2.05, 4.69) is 6.92 Å². The molecule has 2 bridgehead atoms. The Hall–Kier alpha value is -0.940. The summed E-state index contributed by atoms with van der Waals surface area (Å²) < 4.78 is 19.7. The summed E-state index contributed by atoms with van der Waals surface area (Å²) in [6.07, 6.45) is 8.15. The monoisotopic (exact) mass is 388 g/mol. The predicted octanol–water partition coefficient (Wildman–Crippen LogP) is 3.63. The van der Waals surface area contributed by atoms with Gasteiger partial charge in [0.05, 0.1) is 11.5 Å². The van der Waals surface area contributed by atoms with Gasteiger partial charge in [0.1, 0.15) is 18.0 Å². The van der Waals surface area contributed by atoms with Crippen molar-refractivity contribution >= 4 is 11.8 Å². The molecule has 154 valence electrons. The Balaban J connectivity index is 1.52. The summed E-state index contributed by atoms with van der Waals surface area (Å²) in [5.41, 5.74) is -0.578.